The Morgan fingerprint density at radius 3 is 3.06 bits per heavy atom. The number of nitrogens with two attached hydrogens (primary N) is 1. The molecular weight excluding hydrogens is 228 g/mol. The van der Waals surface area contributed by atoms with Gasteiger partial charge in [-0.2, -0.15) is 0 Å². The average Bonchev–Trinajstić information content (AvgIpc) is 2.42. The first-order valence-corrected chi connectivity index (χ1v) is 6.58. The molecule has 1 atom stereocenters. The Labute approximate surface area is 108 Å². The summed E-state index contributed by atoms with van der Waals surface area (Å²) in [5.41, 5.74) is 7.60. The van der Waals surface area contributed by atoms with Gasteiger partial charge in [-0.25, -0.2) is 0 Å². The molecule has 1 unspecified atom stereocenters. The minimum Gasteiger partial charge on any atom is -0.497 e. The van der Waals surface area contributed by atoms with Crippen molar-refractivity contribution in [3.05, 3.63) is 18.2 Å². The van der Waals surface area contributed by atoms with Gasteiger partial charge in [0.15, 0.2) is 0 Å². The molecule has 1 fully saturated rings. The van der Waals surface area contributed by atoms with E-state index < -0.39 is 0 Å². The highest BCUT2D eigenvalue weighted by Gasteiger charge is 2.13. The van der Waals surface area contributed by atoms with E-state index in [1.54, 1.807) is 7.11 Å². The first kappa shape index (κ1) is 13.0. The Kier molecular flexibility index (Phi) is 4.70. The van der Waals surface area contributed by atoms with Gasteiger partial charge in [0, 0.05) is 19.2 Å². The van der Waals surface area contributed by atoms with Crippen molar-refractivity contribution in [1.82, 2.24) is 0 Å². The summed E-state index contributed by atoms with van der Waals surface area (Å²) in [5.74, 6) is 0.820. The van der Waals surface area contributed by atoms with Crippen molar-refractivity contribution in [2.45, 2.75) is 31.8 Å². The van der Waals surface area contributed by atoms with Crippen LogP contribution in [0.25, 0.3) is 0 Å². The van der Waals surface area contributed by atoms with Crippen LogP contribution in [0.15, 0.2) is 18.2 Å². The van der Waals surface area contributed by atoms with Crippen LogP contribution in [-0.2, 0) is 4.74 Å². The van der Waals surface area contributed by atoms with Crippen molar-refractivity contribution in [3.8, 4) is 5.75 Å². The van der Waals surface area contributed by atoms with Crippen LogP contribution in [0.2, 0.25) is 0 Å². The molecule has 1 heterocycles. The van der Waals surface area contributed by atoms with Gasteiger partial charge in [-0.15, -0.1) is 0 Å². The second-order valence-corrected chi connectivity index (χ2v) is 4.66. The van der Waals surface area contributed by atoms with Gasteiger partial charge in [0.05, 0.1) is 24.6 Å². The monoisotopic (exact) mass is 250 g/mol. The fourth-order valence-corrected chi connectivity index (χ4v) is 2.22. The van der Waals surface area contributed by atoms with Crippen molar-refractivity contribution < 1.29 is 9.47 Å². The van der Waals surface area contributed by atoms with Crippen molar-refractivity contribution in [2.75, 3.05) is 31.3 Å². The molecule has 2 rings (SSSR count). The summed E-state index contributed by atoms with van der Waals surface area (Å²) < 4.78 is 10.9. The quantitative estimate of drug-likeness (QED) is 0.789. The van der Waals surface area contributed by atoms with E-state index >= 15 is 0 Å². The number of hydrogen-bond donors (Lipinski definition) is 2. The number of anilines is 2. The van der Waals surface area contributed by atoms with Crippen LogP contribution < -0.4 is 15.8 Å². The van der Waals surface area contributed by atoms with Crippen LogP contribution in [0.5, 0.6) is 5.75 Å². The third-order valence-electron chi connectivity index (χ3n) is 3.32. The summed E-state index contributed by atoms with van der Waals surface area (Å²) in [6, 6.07) is 5.65. The second kappa shape index (κ2) is 6.50. The largest absolute Gasteiger partial charge is 0.497 e. The zero-order chi connectivity index (χ0) is 12.8. The van der Waals surface area contributed by atoms with Crippen LogP contribution >= 0.6 is 0 Å². The van der Waals surface area contributed by atoms with E-state index in [1.165, 1.54) is 19.3 Å². The van der Waals surface area contributed by atoms with E-state index in [1.807, 2.05) is 18.2 Å². The highest BCUT2D eigenvalue weighted by Crippen LogP contribution is 2.24. The number of rotatable bonds is 5. The number of benzene rings is 1. The third-order valence-corrected chi connectivity index (χ3v) is 3.32. The standard InChI is InChI=1S/C14H22N2O2/c1-17-12-5-6-13(15)14(10-12)16-8-7-11-4-2-3-9-18-11/h5-6,10-11,16H,2-4,7-9,15H2,1H3. The molecule has 1 aromatic carbocycles. The molecule has 18 heavy (non-hydrogen) atoms. The van der Waals surface area contributed by atoms with Gasteiger partial charge in [0.2, 0.25) is 0 Å². The molecule has 1 aliphatic rings. The SMILES string of the molecule is COc1ccc(N)c(NCCC2CCCCO2)c1. The number of ether oxygens (including phenoxy) is 2. The molecule has 0 radical (unpaired) electrons. The van der Waals surface area contributed by atoms with Crippen LogP contribution in [0.3, 0.4) is 0 Å². The summed E-state index contributed by atoms with van der Waals surface area (Å²) in [7, 11) is 1.66. The van der Waals surface area contributed by atoms with Gasteiger partial charge in [-0.05, 0) is 37.8 Å². The zero-order valence-corrected chi connectivity index (χ0v) is 10.9. The van der Waals surface area contributed by atoms with Gasteiger partial charge in [-0.1, -0.05) is 0 Å². The van der Waals surface area contributed by atoms with E-state index in [0.717, 1.165) is 36.7 Å². The highest BCUT2D eigenvalue weighted by atomic mass is 16.5. The maximum Gasteiger partial charge on any atom is 0.121 e. The molecule has 4 nitrogen and oxygen atoms in total. The first-order valence-electron chi connectivity index (χ1n) is 6.58. The average molecular weight is 250 g/mol. The molecule has 1 aromatic rings. The summed E-state index contributed by atoms with van der Waals surface area (Å²) in [6.07, 6.45) is 5.09. The molecule has 0 aromatic heterocycles. The van der Waals surface area contributed by atoms with Crippen LogP contribution in [0.1, 0.15) is 25.7 Å². The molecule has 0 aliphatic carbocycles. The highest BCUT2D eigenvalue weighted by molar-refractivity contribution is 5.68. The topological polar surface area (TPSA) is 56.5 Å². The fourth-order valence-electron chi connectivity index (χ4n) is 2.22. The molecule has 3 N–H and O–H groups in total. The number of methoxy groups -OCH3 is 1. The third kappa shape index (κ3) is 3.53. The zero-order valence-electron chi connectivity index (χ0n) is 10.9. The fraction of sp³-hybridized carbons (Fsp3) is 0.571. The lowest BCUT2D eigenvalue weighted by molar-refractivity contribution is 0.0134. The Morgan fingerprint density at radius 1 is 1.44 bits per heavy atom. The number of nitrogen functional groups attached to an aromatic ring is 1. The Hall–Kier alpha value is -1.42. The lowest BCUT2D eigenvalue weighted by atomic mass is 10.1. The lowest BCUT2D eigenvalue weighted by Crippen LogP contribution is -2.22. The minimum atomic E-state index is 0.401. The summed E-state index contributed by atoms with van der Waals surface area (Å²) in [5, 5.41) is 3.35. The summed E-state index contributed by atoms with van der Waals surface area (Å²) in [4.78, 5) is 0. The number of hydrogen-bond acceptors (Lipinski definition) is 4. The van der Waals surface area contributed by atoms with Crippen molar-refractivity contribution >= 4 is 11.4 Å². The Bertz CT molecular complexity index is 376. The lowest BCUT2D eigenvalue weighted by Gasteiger charge is -2.22. The van der Waals surface area contributed by atoms with Crippen LogP contribution in [-0.4, -0.2) is 26.4 Å². The minimum absolute atomic E-state index is 0.401. The second-order valence-electron chi connectivity index (χ2n) is 4.66. The van der Waals surface area contributed by atoms with Gasteiger partial charge in [0.1, 0.15) is 5.75 Å². The van der Waals surface area contributed by atoms with E-state index in [-0.39, 0.29) is 0 Å². The van der Waals surface area contributed by atoms with E-state index in [2.05, 4.69) is 5.32 Å². The molecule has 0 amide bonds. The maximum absolute atomic E-state index is 5.91. The first-order chi connectivity index (χ1) is 8.79. The molecule has 0 spiro atoms. The van der Waals surface area contributed by atoms with Crippen molar-refractivity contribution in [2.24, 2.45) is 0 Å². The van der Waals surface area contributed by atoms with E-state index in [0.29, 0.717) is 6.10 Å². The van der Waals surface area contributed by atoms with E-state index in [4.69, 9.17) is 15.2 Å². The Balaban J connectivity index is 1.81. The number of nitrogens with one attached hydrogen (secondary N) is 1. The van der Waals surface area contributed by atoms with Crippen molar-refractivity contribution in [1.29, 1.82) is 0 Å². The normalized spacial score (nSPS) is 19.5. The predicted octanol–water partition coefficient (Wildman–Crippen LogP) is 2.65. The molecule has 1 saturated heterocycles. The molecule has 0 saturated carbocycles. The molecule has 1 aliphatic heterocycles. The molecular formula is C14H22N2O2. The Morgan fingerprint density at radius 2 is 2.33 bits per heavy atom. The van der Waals surface area contributed by atoms with Gasteiger partial charge >= 0.3 is 0 Å². The van der Waals surface area contributed by atoms with Crippen LogP contribution in [0.4, 0.5) is 11.4 Å². The van der Waals surface area contributed by atoms with Gasteiger partial charge < -0.3 is 20.5 Å². The van der Waals surface area contributed by atoms with Crippen molar-refractivity contribution in [3.63, 3.8) is 0 Å². The van der Waals surface area contributed by atoms with Gasteiger partial charge in [0.25, 0.3) is 0 Å². The van der Waals surface area contributed by atoms with E-state index in [9.17, 15) is 0 Å². The smallest absolute Gasteiger partial charge is 0.121 e. The summed E-state index contributed by atoms with van der Waals surface area (Å²) in [6.45, 7) is 1.79. The molecule has 0 bridgehead atoms. The maximum atomic E-state index is 5.91. The molecule has 100 valence electrons. The molecule has 4 heteroatoms. The van der Waals surface area contributed by atoms with Crippen LogP contribution in [0, 0.1) is 0 Å². The predicted molar refractivity (Wildman–Crippen MR) is 74.1 cm³/mol. The summed E-state index contributed by atoms with van der Waals surface area (Å²) >= 11 is 0. The van der Waals surface area contributed by atoms with Gasteiger partial charge in [-0.3, -0.25) is 0 Å².